The molecule has 1 fully saturated rings. The summed E-state index contributed by atoms with van der Waals surface area (Å²) in [5.41, 5.74) is 12.0. The lowest BCUT2D eigenvalue weighted by Crippen LogP contribution is -2.59. The standard InChI is InChI=1S/C13H26N2O/c1-6-13(15)11(14)10(7-8(2)3)16-12(13)9(4)5/h6,8-12H,1,7,14-15H2,2-5H3/t10-,11-,12+,13-/m1/s1. The summed E-state index contributed by atoms with van der Waals surface area (Å²) in [4.78, 5) is 0. The van der Waals surface area contributed by atoms with Gasteiger partial charge in [-0.15, -0.1) is 6.58 Å². The van der Waals surface area contributed by atoms with Crippen LogP contribution in [0.5, 0.6) is 0 Å². The van der Waals surface area contributed by atoms with E-state index in [9.17, 15) is 0 Å². The molecular formula is C13H26N2O. The first kappa shape index (κ1) is 13.7. The molecule has 3 nitrogen and oxygen atoms in total. The summed E-state index contributed by atoms with van der Waals surface area (Å²) in [7, 11) is 0. The molecule has 16 heavy (non-hydrogen) atoms. The maximum atomic E-state index is 6.35. The van der Waals surface area contributed by atoms with Gasteiger partial charge in [0.15, 0.2) is 0 Å². The maximum absolute atomic E-state index is 6.35. The fourth-order valence-electron chi connectivity index (χ4n) is 2.56. The summed E-state index contributed by atoms with van der Waals surface area (Å²) in [5, 5.41) is 0. The van der Waals surface area contributed by atoms with Gasteiger partial charge in [-0.1, -0.05) is 33.8 Å². The molecule has 0 aromatic rings. The van der Waals surface area contributed by atoms with E-state index < -0.39 is 5.54 Å². The van der Waals surface area contributed by atoms with Crippen LogP contribution in [0, 0.1) is 11.8 Å². The number of hydrogen-bond donors (Lipinski definition) is 2. The minimum absolute atomic E-state index is 0.0243. The third-order valence-electron chi connectivity index (χ3n) is 3.45. The largest absolute Gasteiger partial charge is 0.371 e. The Morgan fingerprint density at radius 1 is 1.38 bits per heavy atom. The normalized spacial score (nSPS) is 39.6. The van der Waals surface area contributed by atoms with E-state index in [0.29, 0.717) is 11.8 Å². The zero-order chi connectivity index (χ0) is 12.5. The van der Waals surface area contributed by atoms with Gasteiger partial charge in [-0.05, 0) is 18.3 Å². The van der Waals surface area contributed by atoms with Gasteiger partial charge in [0.05, 0.1) is 23.8 Å². The Morgan fingerprint density at radius 2 is 1.94 bits per heavy atom. The van der Waals surface area contributed by atoms with Crippen molar-refractivity contribution in [3.63, 3.8) is 0 Å². The average molecular weight is 226 g/mol. The van der Waals surface area contributed by atoms with Crippen molar-refractivity contribution in [2.24, 2.45) is 23.3 Å². The monoisotopic (exact) mass is 226 g/mol. The summed E-state index contributed by atoms with van der Waals surface area (Å²) in [5.74, 6) is 0.919. The van der Waals surface area contributed by atoms with Gasteiger partial charge in [0, 0.05) is 0 Å². The van der Waals surface area contributed by atoms with E-state index >= 15 is 0 Å². The predicted molar refractivity (Wildman–Crippen MR) is 68.0 cm³/mol. The van der Waals surface area contributed by atoms with Crippen LogP contribution < -0.4 is 11.5 Å². The van der Waals surface area contributed by atoms with Gasteiger partial charge >= 0.3 is 0 Å². The van der Waals surface area contributed by atoms with E-state index in [2.05, 4.69) is 34.3 Å². The highest BCUT2D eigenvalue weighted by molar-refractivity contribution is 5.19. The van der Waals surface area contributed by atoms with Crippen molar-refractivity contribution in [2.45, 2.75) is 57.9 Å². The quantitative estimate of drug-likeness (QED) is 0.717. The van der Waals surface area contributed by atoms with Crippen LogP contribution in [0.2, 0.25) is 0 Å². The lowest BCUT2D eigenvalue weighted by Gasteiger charge is -2.32. The van der Waals surface area contributed by atoms with Crippen LogP contribution in [0.1, 0.15) is 34.1 Å². The van der Waals surface area contributed by atoms with E-state index in [0.717, 1.165) is 6.42 Å². The van der Waals surface area contributed by atoms with Gasteiger partial charge in [0.1, 0.15) is 0 Å². The topological polar surface area (TPSA) is 61.3 Å². The molecule has 1 heterocycles. The molecule has 1 aliphatic rings. The van der Waals surface area contributed by atoms with E-state index in [4.69, 9.17) is 16.2 Å². The average Bonchev–Trinajstić information content (AvgIpc) is 2.43. The van der Waals surface area contributed by atoms with Crippen LogP contribution in [-0.2, 0) is 4.74 Å². The third kappa shape index (κ3) is 2.31. The smallest absolute Gasteiger partial charge is 0.0833 e. The lowest BCUT2D eigenvalue weighted by molar-refractivity contribution is -0.00167. The van der Waals surface area contributed by atoms with Gasteiger partial charge in [-0.3, -0.25) is 0 Å². The highest BCUT2D eigenvalue weighted by Gasteiger charge is 2.51. The summed E-state index contributed by atoms with van der Waals surface area (Å²) in [6.07, 6.45) is 2.75. The molecule has 4 N–H and O–H groups in total. The van der Waals surface area contributed by atoms with Crippen LogP contribution in [0.25, 0.3) is 0 Å². The van der Waals surface area contributed by atoms with Crippen molar-refractivity contribution < 1.29 is 4.74 Å². The number of nitrogens with two attached hydrogens (primary N) is 2. The molecule has 0 unspecified atom stereocenters. The van der Waals surface area contributed by atoms with Crippen molar-refractivity contribution in [2.75, 3.05) is 0 Å². The molecule has 1 aliphatic heterocycles. The fraction of sp³-hybridized carbons (Fsp3) is 0.846. The zero-order valence-electron chi connectivity index (χ0n) is 10.9. The van der Waals surface area contributed by atoms with Crippen molar-refractivity contribution in [1.29, 1.82) is 0 Å². The molecule has 0 amide bonds. The Kier molecular flexibility index (Phi) is 4.16. The first-order valence-electron chi connectivity index (χ1n) is 6.16. The van der Waals surface area contributed by atoms with Gasteiger partial charge in [-0.25, -0.2) is 0 Å². The number of rotatable bonds is 4. The fourth-order valence-corrected chi connectivity index (χ4v) is 2.56. The Bertz CT molecular complexity index is 252. The van der Waals surface area contributed by atoms with E-state index in [-0.39, 0.29) is 18.2 Å². The molecule has 3 heteroatoms. The minimum Gasteiger partial charge on any atom is -0.371 e. The minimum atomic E-state index is -0.590. The Hall–Kier alpha value is -0.380. The summed E-state index contributed by atoms with van der Waals surface area (Å²) < 4.78 is 6.03. The van der Waals surface area contributed by atoms with Crippen LogP contribution in [0.15, 0.2) is 12.7 Å². The van der Waals surface area contributed by atoms with E-state index in [1.54, 1.807) is 6.08 Å². The van der Waals surface area contributed by atoms with Crippen LogP contribution >= 0.6 is 0 Å². The molecule has 0 aliphatic carbocycles. The third-order valence-corrected chi connectivity index (χ3v) is 3.45. The molecule has 0 radical (unpaired) electrons. The van der Waals surface area contributed by atoms with Crippen LogP contribution in [0.4, 0.5) is 0 Å². The molecule has 0 aromatic heterocycles. The van der Waals surface area contributed by atoms with Crippen molar-refractivity contribution in [3.05, 3.63) is 12.7 Å². The highest BCUT2D eigenvalue weighted by Crippen LogP contribution is 2.35. The van der Waals surface area contributed by atoms with Gasteiger partial charge in [0.2, 0.25) is 0 Å². The highest BCUT2D eigenvalue weighted by atomic mass is 16.5. The second-order valence-electron chi connectivity index (χ2n) is 5.70. The van der Waals surface area contributed by atoms with Crippen LogP contribution in [-0.4, -0.2) is 23.8 Å². The molecule has 94 valence electrons. The molecule has 0 bridgehead atoms. The molecule has 0 aromatic carbocycles. The first-order valence-corrected chi connectivity index (χ1v) is 6.16. The van der Waals surface area contributed by atoms with Crippen LogP contribution in [0.3, 0.4) is 0 Å². The van der Waals surface area contributed by atoms with Crippen molar-refractivity contribution in [1.82, 2.24) is 0 Å². The predicted octanol–water partition coefficient (Wildman–Crippen LogP) is 1.67. The Balaban J connectivity index is 2.87. The summed E-state index contributed by atoms with van der Waals surface area (Å²) in [6.45, 7) is 12.4. The summed E-state index contributed by atoms with van der Waals surface area (Å²) in [6, 6.07) is -0.153. The second-order valence-corrected chi connectivity index (χ2v) is 5.70. The van der Waals surface area contributed by atoms with Gasteiger partial charge in [-0.2, -0.15) is 0 Å². The number of ether oxygens (including phenoxy) is 1. The van der Waals surface area contributed by atoms with E-state index in [1.807, 2.05) is 0 Å². The SMILES string of the molecule is C=C[C@@]1(N)[C@H](N)[C@@H](CC(C)C)O[C@H]1C(C)C. The molecule has 1 rings (SSSR count). The van der Waals surface area contributed by atoms with Gasteiger partial charge < -0.3 is 16.2 Å². The Morgan fingerprint density at radius 3 is 2.25 bits per heavy atom. The van der Waals surface area contributed by atoms with Crippen molar-refractivity contribution in [3.8, 4) is 0 Å². The van der Waals surface area contributed by atoms with E-state index in [1.165, 1.54) is 0 Å². The molecule has 0 spiro atoms. The second kappa shape index (κ2) is 4.86. The lowest BCUT2D eigenvalue weighted by atomic mass is 9.80. The zero-order valence-corrected chi connectivity index (χ0v) is 10.9. The maximum Gasteiger partial charge on any atom is 0.0833 e. The van der Waals surface area contributed by atoms with Crippen molar-refractivity contribution >= 4 is 0 Å². The molecule has 0 saturated carbocycles. The Labute approximate surface area is 99.2 Å². The molecule has 4 atom stereocenters. The molecule has 1 saturated heterocycles. The summed E-state index contributed by atoms with van der Waals surface area (Å²) >= 11 is 0. The number of hydrogen-bond acceptors (Lipinski definition) is 3. The van der Waals surface area contributed by atoms with Gasteiger partial charge in [0.25, 0.3) is 0 Å². The molecular weight excluding hydrogens is 200 g/mol. The first-order chi connectivity index (χ1) is 7.32.